The zero-order valence-electron chi connectivity index (χ0n) is 31.0. The summed E-state index contributed by atoms with van der Waals surface area (Å²) in [6.07, 6.45) is 0. The first-order valence-electron chi connectivity index (χ1n) is 19.0. The average Bonchev–Trinajstić information content (AvgIpc) is 3.61. The average molecular weight is 719 g/mol. The zero-order chi connectivity index (χ0) is 37.4. The van der Waals surface area contributed by atoms with Crippen molar-refractivity contribution in [2.24, 2.45) is 0 Å². The summed E-state index contributed by atoms with van der Waals surface area (Å²) in [4.78, 5) is 2.38. The lowest BCUT2D eigenvalue weighted by Crippen LogP contribution is -2.12. The molecule has 0 bridgehead atoms. The first-order valence-corrected chi connectivity index (χ1v) is 19.0. The molecule has 0 aliphatic rings. The van der Waals surface area contributed by atoms with Crippen LogP contribution in [0.4, 0.5) is 17.1 Å². The number of benzene rings is 9. The quantitative estimate of drug-likeness (QED) is 0.156. The van der Waals surface area contributed by atoms with Crippen molar-refractivity contribution in [3.63, 3.8) is 0 Å². The van der Waals surface area contributed by atoms with E-state index in [4.69, 9.17) is 4.74 Å². The van der Waals surface area contributed by atoms with Crippen molar-refractivity contribution in [2.45, 2.75) is 0 Å². The number of aromatic nitrogens is 1. The Hall–Kier alpha value is -7.36. The molecular formula is C53H38N2O. The Kier molecular flexibility index (Phi) is 8.38. The molecule has 0 unspecified atom stereocenters. The van der Waals surface area contributed by atoms with Crippen LogP contribution in [-0.4, -0.2) is 11.7 Å². The molecule has 0 saturated carbocycles. The molecule has 3 heteroatoms. The smallest absolute Gasteiger partial charge is 0.119 e. The second-order valence-corrected chi connectivity index (χ2v) is 14.1. The van der Waals surface area contributed by atoms with Crippen LogP contribution in [0.5, 0.6) is 5.75 Å². The number of para-hydroxylation sites is 2. The van der Waals surface area contributed by atoms with Gasteiger partial charge >= 0.3 is 0 Å². The highest BCUT2D eigenvalue weighted by molar-refractivity contribution is 6.11. The Morgan fingerprint density at radius 2 is 1.02 bits per heavy atom. The Labute approximate surface area is 326 Å². The monoisotopic (exact) mass is 718 g/mol. The van der Waals surface area contributed by atoms with Gasteiger partial charge in [0.05, 0.1) is 29.5 Å². The van der Waals surface area contributed by atoms with Gasteiger partial charge in [0.25, 0.3) is 0 Å². The minimum absolute atomic E-state index is 0.824. The van der Waals surface area contributed by atoms with E-state index < -0.39 is 0 Å². The highest BCUT2D eigenvalue weighted by Crippen LogP contribution is 2.46. The topological polar surface area (TPSA) is 17.4 Å². The lowest BCUT2D eigenvalue weighted by molar-refractivity contribution is 0.415. The minimum atomic E-state index is 0.824. The fourth-order valence-corrected chi connectivity index (χ4v) is 8.28. The van der Waals surface area contributed by atoms with Crippen LogP contribution in [0.15, 0.2) is 212 Å². The van der Waals surface area contributed by atoms with Gasteiger partial charge < -0.3 is 14.2 Å². The molecule has 9 aromatic carbocycles. The van der Waals surface area contributed by atoms with Gasteiger partial charge in [0.15, 0.2) is 0 Å². The molecule has 10 aromatic rings. The number of methoxy groups -OCH3 is 1. The van der Waals surface area contributed by atoms with Crippen LogP contribution in [0.2, 0.25) is 0 Å². The molecule has 3 nitrogen and oxygen atoms in total. The van der Waals surface area contributed by atoms with Gasteiger partial charge in [-0.2, -0.15) is 0 Å². The third-order valence-corrected chi connectivity index (χ3v) is 10.9. The van der Waals surface area contributed by atoms with Crippen molar-refractivity contribution in [3.05, 3.63) is 212 Å². The van der Waals surface area contributed by atoms with Crippen LogP contribution in [0.3, 0.4) is 0 Å². The van der Waals surface area contributed by atoms with E-state index in [2.05, 4.69) is 210 Å². The fourth-order valence-electron chi connectivity index (χ4n) is 8.28. The maximum Gasteiger partial charge on any atom is 0.119 e. The molecule has 0 spiro atoms. The van der Waals surface area contributed by atoms with Gasteiger partial charge in [-0.05, 0) is 93.9 Å². The molecule has 0 aliphatic heterocycles. The Morgan fingerprint density at radius 1 is 0.393 bits per heavy atom. The first kappa shape index (κ1) is 33.2. The number of fused-ring (bicyclic) bond motifs is 4. The second-order valence-electron chi connectivity index (χ2n) is 14.1. The van der Waals surface area contributed by atoms with E-state index in [0.717, 1.165) is 45.2 Å². The van der Waals surface area contributed by atoms with Crippen LogP contribution < -0.4 is 9.64 Å². The van der Waals surface area contributed by atoms with Crippen LogP contribution >= 0.6 is 0 Å². The van der Waals surface area contributed by atoms with Crippen molar-refractivity contribution < 1.29 is 4.74 Å². The Bertz CT molecular complexity index is 3010. The Balaban J connectivity index is 1.17. The summed E-state index contributed by atoms with van der Waals surface area (Å²) in [5, 5.41) is 4.85. The van der Waals surface area contributed by atoms with Crippen LogP contribution in [-0.2, 0) is 0 Å². The predicted molar refractivity (Wildman–Crippen MR) is 236 cm³/mol. The van der Waals surface area contributed by atoms with Crippen LogP contribution in [0.25, 0.3) is 71.6 Å². The largest absolute Gasteiger partial charge is 0.497 e. The van der Waals surface area contributed by atoms with E-state index in [1.165, 1.54) is 49.3 Å². The van der Waals surface area contributed by atoms with Crippen LogP contribution in [0, 0.1) is 0 Å². The SMILES string of the molecule is COc1ccc(N(c2ccccc2-c2ccccc2-c2ccc3c4ccccc4n(-c4cccc(-c5ccccc5)c4)c3c2)c2cccc3ccccc23)cc1. The summed E-state index contributed by atoms with van der Waals surface area (Å²) < 4.78 is 8.00. The number of ether oxygens (including phenoxy) is 1. The number of rotatable bonds is 8. The molecule has 0 fully saturated rings. The maximum absolute atomic E-state index is 5.58. The van der Waals surface area contributed by atoms with Gasteiger partial charge in [0, 0.05) is 33.1 Å². The fraction of sp³-hybridized carbons (Fsp3) is 0.0189. The van der Waals surface area contributed by atoms with Crippen molar-refractivity contribution in [1.82, 2.24) is 4.57 Å². The van der Waals surface area contributed by atoms with E-state index in [9.17, 15) is 0 Å². The maximum atomic E-state index is 5.58. The van der Waals surface area contributed by atoms with Crippen molar-refractivity contribution in [2.75, 3.05) is 12.0 Å². The highest BCUT2D eigenvalue weighted by Gasteiger charge is 2.21. The van der Waals surface area contributed by atoms with E-state index in [-0.39, 0.29) is 0 Å². The molecule has 1 aromatic heterocycles. The molecule has 0 amide bonds. The summed E-state index contributed by atoms with van der Waals surface area (Å²) in [5.74, 6) is 0.824. The summed E-state index contributed by atoms with van der Waals surface area (Å²) in [6, 6.07) is 76.3. The minimum Gasteiger partial charge on any atom is -0.497 e. The summed E-state index contributed by atoms with van der Waals surface area (Å²) >= 11 is 0. The molecule has 1 heterocycles. The number of nitrogens with zero attached hydrogens (tertiary/aromatic N) is 2. The molecule has 10 rings (SSSR count). The van der Waals surface area contributed by atoms with Gasteiger partial charge in [0.1, 0.15) is 5.75 Å². The van der Waals surface area contributed by atoms with Gasteiger partial charge in [-0.15, -0.1) is 0 Å². The summed E-state index contributed by atoms with van der Waals surface area (Å²) in [5.41, 5.74) is 13.8. The zero-order valence-corrected chi connectivity index (χ0v) is 31.0. The third kappa shape index (κ3) is 5.78. The Morgan fingerprint density at radius 3 is 1.86 bits per heavy atom. The van der Waals surface area contributed by atoms with E-state index in [1.54, 1.807) is 7.11 Å². The standard InChI is InChI=1S/C53H38N2O/c1-56-43-32-30-41(31-33-43)54(50-28-14-18-38-17-5-6-22-45(38)50)51-26-11-9-24-47(51)46-23-8-7-21-44(46)40-29-34-49-48-25-10-12-27-52(48)55(53(49)36-40)42-20-13-19-39(35-42)37-15-3-2-4-16-37/h2-36H,1H3. The first-order chi connectivity index (χ1) is 27.7. The van der Waals surface area contributed by atoms with Gasteiger partial charge in [0.2, 0.25) is 0 Å². The van der Waals surface area contributed by atoms with Crippen molar-refractivity contribution in [1.29, 1.82) is 0 Å². The predicted octanol–water partition coefficient (Wildman–Crippen LogP) is 14.4. The van der Waals surface area contributed by atoms with E-state index in [1.807, 2.05) is 12.1 Å². The molecular weight excluding hydrogens is 681 g/mol. The normalized spacial score (nSPS) is 11.3. The summed E-state index contributed by atoms with van der Waals surface area (Å²) in [6.45, 7) is 0. The molecule has 0 atom stereocenters. The van der Waals surface area contributed by atoms with Gasteiger partial charge in [-0.3, -0.25) is 0 Å². The lowest BCUT2D eigenvalue weighted by atomic mass is 9.92. The lowest BCUT2D eigenvalue weighted by Gasteiger charge is -2.29. The third-order valence-electron chi connectivity index (χ3n) is 10.9. The van der Waals surface area contributed by atoms with Gasteiger partial charge in [-0.25, -0.2) is 0 Å². The van der Waals surface area contributed by atoms with Crippen molar-refractivity contribution >= 4 is 49.6 Å². The summed E-state index contributed by atoms with van der Waals surface area (Å²) in [7, 11) is 1.71. The molecule has 0 saturated heterocycles. The molecule has 56 heavy (non-hydrogen) atoms. The van der Waals surface area contributed by atoms with Crippen molar-refractivity contribution in [3.8, 4) is 44.8 Å². The van der Waals surface area contributed by atoms with E-state index in [0.29, 0.717) is 0 Å². The molecule has 266 valence electrons. The number of anilines is 3. The van der Waals surface area contributed by atoms with Gasteiger partial charge in [-0.1, -0.05) is 152 Å². The molecule has 0 radical (unpaired) electrons. The molecule has 0 N–H and O–H groups in total. The number of hydrogen-bond donors (Lipinski definition) is 0. The second kappa shape index (κ2) is 14.1. The van der Waals surface area contributed by atoms with E-state index >= 15 is 0 Å². The van der Waals surface area contributed by atoms with Crippen LogP contribution in [0.1, 0.15) is 0 Å². The highest BCUT2D eigenvalue weighted by atomic mass is 16.5. The molecule has 0 aliphatic carbocycles. The number of hydrogen-bond acceptors (Lipinski definition) is 2.